The van der Waals surface area contributed by atoms with Crippen molar-refractivity contribution in [2.24, 2.45) is 5.92 Å². The lowest BCUT2D eigenvalue weighted by atomic mass is 10.1. The molecule has 1 aromatic carbocycles. The van der Waals surface area contributed by atoms with Crippen LogP contribution in [0.25, 0.3) is 0 Å². The van der Waals surface area contributed by atoms with E-state index in [1.54, 1.807) is 6.92 Å². The number of nitrogens with zero attached hydrogens (tertiary/aromatic N) is 1. The molecule has 1 heterocycles. The molecule has 2 amide bonds. The first-order chi connectivity index (χ1) is 9.02. The standard InChI is InChI=1S/C15H19NO3/c1-3-11-4-6-12(7-5-11)13(17)9-16-14(18)8-10(2)15(16)19/h4-7,10,13,17H,3,8-9H2,1-2H3. The molecule has 1 fully saturated rings. The number of carbonyl (C=O) groups is 2. The fourth-order valence-corrected chi connectivity index (χ4v) is 2.29. The third-order valence-electron chi connectivity index (χ3n) is 3.60. The molecule has 0 saturated carbocycles. The highest BCUT2D eigenvalue weighted by Gasteiger charge is 2.36. The minimum Gasteiger partial charge on any atom is -0.387 e. The molecule has 4 heteroatoms. The van der Waals surface area contributed by atoms with Crippen LogP contribution in [0.1, 0.15) is 37.5 Å². The SMILES string of the molecule is CCc1ccc(C(O)CN2C(=O)CC(C)C2=O)cc1. The van der Waals surface area contributed by atoms with Crippen LogP contribution in [0.15, 0.2) is 24.3 Å². The number of β-amino-alcohol motifs (C(OH)–C–C–N with tert-alkyl or cyclic N) is 1. The lowest BCUT2D eigenvalue weighted by Crippen LogP contribution is -2.34. The quantitative estimate of drug-likeness (QED) is 0.839. The second kappa shape index (κ2) is 5.53. The number of aryl methyl sites for hydroxylation is 1. The summed E-state index contributed by atoms with van der Waals surface area (Å²) in [5.74, 6) is -0.641. The van der Waals surface area contributed by atoms with Gasteiger partial charge in [-0.15, -0.1) is 0 Å². The predicted molar refractivity (Wildman–Crippen MR) is 71.3 cm³/mol. The van der Waals surface area contributed by atoms with Crippen LogP contribution in [0.5, 0.6) is 0 Å². The van der Waals surface area contributed by atoms with E-state index in [-0.39, 0.29) is 30.7 Å². The molecule has 0 spiro atoms. The van der Waals surface area contributed by atoms with Crippen molar-refractivity contribution in [3.05, 3.63) is 35.4 Å². The highest BCUT2D eigenvalue weighted by molar-refractivity contribution is 6.03. The van der Waals surface area contributed by atoms with Gasteiger partial charge in [-0.1, -0.05) is 38.1 Å². The maximum Gasteiger partial charge on any atom is 0.232 e. The third kappa shape index (κ3) is 2.84. The first-order valence-corrected chi connectivity index (χ1v) is 6.64. The Hall–Kier alpha value is -1.68. The van der Waals surface area contributed by atoms with Crippen LogP contribution in [-0.2, 0) is 16.0 Å². The molecule has 4 nitrogen and oxygen atoms in total. The molecule has 1 aromatic rings. The number of amides is 2. The fourth-order valence-electron chi connectivity index (χ4n) is 2.29. The molecule has 2 atom stereocenters. The monoisotopic (exact) mass is 261 g/mol. The maximum atomic E-state index is 11.8. The lowest BCUT2D eigenvalue weighted by Gasteiger charge is -2.19. The molecule has 2 rings (SSSR count). The summed E-state index contributed by atoms with van der Waals surface area (Å²) in [4.78, 5) is 24.6. The number of likely N-dealkylation sites (tertiary alicyclic amines) is 1. The van der Waals surface area contributed by atoms with Crippen LogP contribution in [0.3, 0.4) is 0 Å². The van der Waals surface area contributed by atoms with Gasteiger partial charge < -0.3 is 5.11 Å². The van der Waals surface area contributed by atoms with Crippen molar-refractivity contribution in [3.63, 3.8) is 0 Å². The molecule has 1 aliphatic heterocycles. The number of imide groups is 1. The molecule has 19 heavy (non-hydrogen) atoms. The molecule has 2 unspecified atom stereocenters. The Kier molecular flexibility index (Phi) is 4.00. The van der Waals surface area contributed by atoms with Gasteiger partial charge in [-0.3, -0.25) is 14.5 Å². The summed E-state index contributed by atoms with van der Waals surface area (Å²) >= 11 is 0. The van der Waals surface area contributed by atoms with Crippen molar-refractivity contribution in [3.8, 4) is 0 Å². The zero-order valence-electron chi connectivity index (χ0n) is 11.3. The minimum absolute atomic E-state index is 0.0491. The number of carbonyl (C=O) groups excluding carboxylic acids is 2. The largest absolute Gasteiger partial charge is 0.387 e. The maximum absolute atomic E-state index is 11.8. The summed E-state index contributed by atoms with van der Waals surface area (Å²) in [6, 6.07) is 7.60. The summed E-state index contributed by atoms with van der Waals surface area (Å²) in [5, 5.41) is 10.1. The van der Waals surface area contributed by atoms with Crippen molar-refractivity contribution in [2.75, 3.05) is 6.54 Å². The van der Waals surface area contributed by atoms with Gasteiger partial charge in [0, 0.05) is 12.3 Å². The average Bonchev–Trinajstić information content (AvgIpc) is 2.65. The van der Waals surface area contributed by atoms with Gasteiger partial charge in [0.05, 0.1) is 12.6 Å². The zero-order valence-corrected chi connectivity index (χ0v) is 11.3. The van der Waals surface area contributed by atoms with Gasteiger partial charge in [0.2, 0.25) is 11.8 Å². The molecule has 1 aliphatic rings. The van der Waals surface area contributed by atoms with Crippen LogP contribution in [-0.4, -0.2) is 28.4 Å². The molecule has 0 bridgehead atoms. The number of aliphatic hydroxyl groups excluding tert-OH is 1. The summed E-state index contributed by atoms with van der Waals surface area (Å²) in [6.07, 6.45) is 0.376. The van der Waals surface area contributed by atoms with Crippen molar-refractivity contribution >= 4 is 11.8 Å². The molecule has 1 N–H and O–H groups in total. The predicted octanol–water partition coefficient (Wildman–Crippen LogP) is 1.68. The van der Waals surface area contributed by atoms with E-state index in [1.165, 1.54) is 10.5 Å². The third-order valence-corrected chi connectivity index (χ3v) is 3.60. The second-order valence-corrected chi connectivity index (χ2v) is 5.06. The van der Waals surface area contributed by atoms with Gasteiger partial charge in [-0.2, -0.15) is 0 Å². The van der Waals surface area contributed by atoms with Crippen LogP contribution >= 0.6 is 0 Å². The van der Waals surface area contributed by atoms with Crippen molar-refractivity contribution in [1.82, 2.24) is 4.90 Å². The summed E-state index contributed by atoms with van der Waals surface area (Å²) in [5.41, 5.74) is 1.93. The Morgan fingerprint density at radius 3 is 2.42 bits per heavy atom. The van der Waals surface area contributed by atoms with Crippen molar-refractivity contribution in [1.29, 1.82) is 0 Å². The highest BCUT2D eigenvalue weighted by atomic mass is 16.3. The first kappa shape index (κ1) is 13.7. The summed E-state index contributed by atoms with van der Waals surface area (Å²) in [6.45, 7) is 3.85. The van der Waals surface area contributed by atoms with Gasteiger partial charge in [0.15, 0.2) is 0 Å². The minimum atomic E-state index is -0.816. The normalized spacial score (nSPS) is 21.0. The van der Waals surface area contributed by atoms with Gasteiger partial charge in [-0.25, -0.2) is 0 Å². The van der Waals surface area contributed by atoms with E-state index < -0.39 is 6.10 Å². The molecule has 0 aromatic heterocycles. The Labute approximate surface area is 113 Å². The van der Waals surface area contributed by atoms with E-state index in [1.807, 2.05) is 24.3 Å². The smallest absolute Gasteiger partial charge is 0.232 e. The summed E-state index contributed by atoms with van der Waals surface area (Å²) in [7, 11) is 0. The Bertz CT molecular complexity index is 481. The van der Waals surface area contributed by atoms with Crippen molar-refractivity contribution < 1.29 is 14.7 Å². The van der Waals surface area contributed by atoms with E-state index in [0.717, 1.165) is 12.0 Å². The Morgan fingerprint density at radius 2 is 1.95 bits per heavy atom. The number of rotatable bonds is 4. The number of hydrogen-bond donors (Lipinski definition) is 1. The number of benzene rings is 1. The fraction of sp³-hybridized carbons (Fsp3) is 0.467. The second-order valence-electron chi connectivity index (χ2n) is 5.06. The van der Waals surface area contributed by atoms with E-state index in [4.69, 9.17) is 0 Å². The van der Waals surface area contributed by atoms with Crippen molar-refractivity contribution in [2.45, 2.75) is 32.8 Å². The average molecular weight is 261 g/mol. The molecular weight excluding hydrogens is 242 g/mol. The molecule has 102 valence electrons. The first-order valence-electron chi connectivity index (χ1n) is 6.64. The Morgan fingerprint density at radius 1 is 1.32 bits per heavy atom. The van der Waals surface area contributed by atoms with Gasteiger partial charge in [0.1, 0.15) is 0 Å². The van der Waals surface area contributed by atoms with Gasteiger partial charge in [-0.05, 0) is 17.5 Å². The molecule has 0 aliphatic carbocycles. The molecule has 1 saturated heterocycles. The van der Waals surface area contributed by atoms with Crippen LogP contribution in [0, 0.1) is 5.92 Å². The topological polar surface area (TPSA) is 57.6 Å². The van der Waals surface area contributed by atoms with E-state index in [9.17, 15) is 14.7 Å². The van der Waals surface area contributed by atoms with Gasteiger partial charge >= 0.3 is 0 Å². The van der Waals surface area contributed by atoms with Crippen LogP contribution < -0.4 is 0 Å². The lowest BCUT2D eigenvalue weighted by molar-refractivity contribution is -0.140. The van der Waals surface area contributed by atoms with E-state index in [0.29, 0.717) is 0 Å². The highest BCUT2D eigenvalue weighted by Crippen LogP contribution is 2.23. The van der Waals surface area contributed by atoms with Crippen LogP contribution in [0.2, 0.25) is 0 Å². The van der Waals surface area contributed by atoms with E-state index in [2.05, 4.69) is 6.92 Å². The van der Waals surface area contributed by atoms with E-state index >= 15 is 0 Å². The summed E-state index contributed by atoms with van der Waals surface area (Å²) < 4.78 is 0. The zero-order chi connectivity index (χ0) is 14.0. The number of aliphatic hydroxyl groups is 1. The van der Waals surface area contributed by atoms with Crippen LogP contribution in [0.4, 0.5) is 0 Å². The molecular formula is C15H19NO3. The number of hydrogen-bond acceptors (Lipinski definition) is 3. The van der Waals surface area contributed by atoms with Gasteiger partial charge in [0.25, 0.3) is 0 Å². The molecule has 0 radical (unpaired) electrons. The Balaban J connectivity index is 2.06.